The summed E-state index contributed by atoms with van der Waals surface area (Å²) >= 11 is 7.67. The molecule has 81 heavy (non-hydrogen) atoms. The van der Waals surface area contributed by atoms with Gasteiger partial charge in [-0.1, -0.05) is 10.3 Å². The Kier molecular flexibility index (Phi) is 33.7. The van der Waals surface area contributed by atoms with Crippen molar-refractivity contribution in [3.05, 3.63) is 111 Å². The molecule has 442 valence electrons. The molecule has 0 saturated heterocycles. The van der Waals surface area contributed by atoms with Gasteiger partial charge in [-0.15, -0.1) is 32.9 Å². The van der Waals surface area contributed by atoms with Crippen molar-refractivity contribution in [3.63, 3.8) is 0 Å². The summed E-state index contributed by atoms with van der Waals surface area (Å²) in [5.41, 5.74) is 8.34. The monoisotopic (exact) mass is 1210 g/mol. The van der Waals surface area contributed by atoms with Gasteiger partial charge in [0.2, 0.25) is 23.2 Å². The fourth-order valence-corrected chi connectivity index (χ4v) is 7.99. The third-order valence-corrected chi connectivity index (χ3v) is 14.5. The summed E-state index contributed by atoms with van der Waals surface area (Å²) in [5.74, 6) is 5.97. The second-order valence-electron chi connectivity index (χ2n) is 17.6. The average molecular weight is 1210 g/mol. The Morgan fingerprint density at radius 1 is 0.370 bits per heavy atom. The highest BCUT2D eigenvalue weighted by Crippen LogP contribution is 2.15. The van der Waals surface area contributed by atoms with Crippen LogP contribution in [0, 0.1) is 138 Å². The fourth-order valence-electron chi connectivity index (χ4n) is 4.85. The van der Waals surface area contributed by atoms with Crippen LogP contribution < -0.4 is 0 Å². The summed E-state index contributed by atoms with van der Waals surface area (Å²) in [6.07, 6.45) is 0. The van der Waals surface area contributed by atoms with Crippen LogP contribution in [0.5, 0.6) is 0 Å². The maximum Gasteiger partial charge on any atom is 0.223 e. The minimum Gasteiger partial charge on any atom is -0.342 e. The molecule has 11 rings (SSSR count). The van der Waals surface area contributed by atoms with Crippen molar-refractivity contribution in [1.82, 2.24) is 78.5 Å². The van der Waals surface area contributed by atoms with Gasteiger partial charge in [0.25, 0.3) is 0 Å². The number of hydrogen-bond acceptors (Lipinski definition) is 29. The third kappa shape index (κ3) is 31.0. The van der Waals surface area contributed by atoms with Crippen LogP contribution in [0.25, 0.3) is 0 Å². The molecular formula is C50H80N22O4S5+2. The topological polar surface area (TPSA) is 314 Å². The lowest BCUT2D eigenvalue weighted by molar-refractivity contribution is -0.577. The van der Waals surface area contributed by atoms with Crippen molar-refractivity contribution in [2.24, 2.45) is 20.6 Å². The summed E-state index contributed by atoms with van der Waals surface area (Å²) in [7, 11) is 3.84. The molecule has 26 nitrogen and oxygen atoms in total. The molecule has 11 heterocycles. The zero-order valence-corrected chi connectivity index (χ0v) is 55.8. The van der Waals surface area contributed by atoms with Crippen molar-refractivity contribution in [3.8, 4) is 0 Å². The van der Waals surface area contributed by atoms with E-state index in [0.717, 1.165) is 67.4 Å². The van der Waals surface area contributed by atoms with Gasteiger partial charge in [0.15, 0.2) is 35.3 Å². The Morgan fingerprint density at radius 3 is 0.790 bits per heavy atom. The first kappa shape index (κ1) is 72.1. The molecule has 0 amide bonds. The van der Waals surface area contributed by atoms with Crippen LogP contribution in [0.1, 0.15) is 138 Å². The number of aryl methyl sites for hydroxylation is 20. The molecule has 9 aromatic rings. The van der Waals surface area contributed by atoms with Crippen LogP contribution >= 0.6 is 57.5 Å². The number of thiazole rings is 2. The van der Waals surface area contributed by atoms with Gasteiger partial charge in [-0.25, -0.2) is 19.9 Å². The normalized spacial score (nSPS) is 13.1. The van der Waals surface area contributed by atoms with E-state index in [4.69, 9.17) is 0 Å². The molecule has 0 saturated carbocycles. The summed E-state index contributed by atoms with van der Waals surface area (Å²) < 4.78 is 37.9. The van der Waals surface area contributed by atoms with E-state index in [1.54, 1.807) is 50.4 Å². The molecule has 0 aliphatic carbocycles. The van der Waals surface area contributed by atoms with Crippen molar-refractivity contribution < 1.29 is 27.5 Å². The Balaban J connectivity index is 0.000000446. The highest BCUT2D eigenvalue weighted by atomic mass is 32.1. The number of hydrogen-bond donors (Lipinski definition) is 0. The summed E-state index contributed by atoms with van der Waals surface area (Å²) in [5, 5.41) is 40.6. The van der Waals surface area contributed by atoms with Gasteiger partial charge >= 0.3 is 0 Å². The van der Waals surface area contributed by atoms with Gasteiger partial charge in [-0.2, -0.15) is 36.9 Å². The number of rotatable bonds is 0. The molecule has 0 radical (unpaired) electrons. The predicted octanol–water partition coefficient (Wildman–Crippen LogP) is 12.1. The van der Waals surface area contributed by atoms with Gasteiger partial charge in [-0.3, -0.25) is 0 Å². The molecular weight excluding hydrogens is 1130 g/mol. The van der Waals surface area contributed by atoms with Gasteiger partial charge < -0.3 is 18.1 Å². The first-order valence-electron chi connectivity index (χ1n) is 25.0. The van der Waals surface area contributed by atoms with Crippen LogP contribution in [0.4, 0.5) is 0 Å². The van der Waals surface area contributed by atoms with E-state index in [1.807, 2.05) is 134 Å². The lowest BCUT2D eigenvalue weighted by Crippen LogP contribution is -2.20. The Morgan fingerprint density at radius 2 is 0.716 bits per heavy atom. The van der Waals surface area contributed by atoms with Gasteiger partial charge in [0.05, 0.1) is 68.8 Å². The van der Waals surface area contributed by atoms with Crippen LogP contribution in [0.15, 0.2) is 38.7 Å². The van der Waals surface area contributed by atoms with Gasteiger partial charge in [0, 0.05) is 48.0 Å². The van der Waals surface area contributed by atoms with Gasteiger partial charge in [-0.05, 0) is 162 Å². The molecule has 2 atom stereocenters. The van der Waals surface area contributed by atoms with Crippen LogP contribution in [0.3, 0.4) is 0 Å². The van der Waals surface area contributed by atoms with Crippen LogP contribution in [0.2, 0.25) is 0 Å². The maximum atomic E-state index is 4.60. The fraction of sp³-hybridized carbons (Fsp3) is 0.560. The molecule has 2 aliphatic rings. The Bertz CT molecular complexity index is 2800. The van der Waals surface area contributed by atoms with Crippen LogP contribution in [-0.4, -0.2) is 125 Å². The number of aromatic nitrogens is 16. The van der Waals surface area contributed by atoms with E-state index in [9.17, 15) is 0 Å². The van der Waals surface area contributed by atoms with E-state index in [0.29, 0.717) is 35.5 Å². The summed E-state index contributed by atoms with van der Waals surface area (Å²) in [6.45, 7) is 46.5. The van der Waals surface area contributed by atoms with Crippen molar-refractivity contribution >= 4 is 68.9 Å². The van der Waals surface area contributed by atoms with E-state index < -0.39 is 0 Å². The van der Waals surface area contributed by atoms with E-state index in [-0.39, 0.29) is 0 Å². The second kappa shape index (κ2) is 37.9. The highest BCUT2D eigenvalue weighted by molar-refractivity contribution is 7.11. The van der Waals surface area contributed by atoms with Crippen molar-refractivity contribution in [2.75, 3.05) is 14.1 Å². The van der Waals surface area contributed by atoms with Crippen molar-refractivity contribution in [2.45, 2.75) is 178 Å². The van der Waals surface area contributed by atoms with Crippen molar-refractivity contribution in [1.29, 1.82) is 0 Å². The predicted molar refractivity (Wildman–Crippen MR) is 318 cm³/mol. The lowest BCUT2D eigenvalue weighted by Gasteiger charge is -1.93. The molecule has 0 N–H and O–H groups in total. The Hall–Kier alpha value is -6.96. The molecule has 9 aromatic heterocycles. The maximum absolute atomic E-state index is 4.60. The first-order valence-corrected chi connectivity index (χ1v) is 28.9. The smallest absolute Gasteiger partial charge is 0.223 e. The van der Waals surface area contributed by atoms with Crippen LogP contribution in [-0.2, 0) is 0 Å². The molecule has 0 fully saturated rings. The zero-order chi connectivity index (χ0) is 61.5. The minimum absolute atomic E-state index is 0.398. The first-order chi connectivity index (χ1) is 37.9. The standard InChI is InChI=1S/2C6H9NS.2C5H10N3.4C4H6N2O.3C4H6N2S/c2*1-4-5(2)8-6(3)7-4;2*1-4-5(2)8(3)7-6-4;2*1-3-5-4(2)7-6-3;2*1-3-4(2)7-6-5-3;2*1-3-5-4(2)7-6-3;1-3-4(2)6-7-5-3/h2*1-3H3;2*5H,1-3H3;7*1-2H3/q;;2*+1;;;;;;;. The molecule has 0 bridgehead atoms. The number of nitrogens with zero attached hydrogens (tertiary/aromatic N) is 22. The lowest BCUT2D eigenvalue weighted by atomic mass is 10.2. The third-order valence-electron chi connectivity index (χ3n) is 10.4. The second-order valence-corrected chi connectivity index (χ2v) is 22.9. The average Bonchev–Trinajstić information content (AvgIpc) is 4.32. The largest absolute Gasteiger partial charge is 0.342 e. The Labute approximate surface area is 495 Å². The minimum atomic E-state index is 0.398. The quantitative estimate of drug-likeness (QED) is 0.127. The highest BCUT2D eigenvalue weighted by Gasteiger charge is 2.23. The molecule has 2 unspecified atom stereocenters. The summed E-state index contributed by atoms with van der Waals surface area (Å²) in [6, 6.07) is 0.796. The SMILES string of the molecule is CC1=NN=[N+](C)C1C.CC1=NN=[N+](C)C1C.Cc1nc(C)c(C)s1.Cc1nc(C)c(C)s1.Cc1nnoc1C.Cc1nnoc1C.Cc1noc(C)n1.Cc1noc(C)n1.Cc1nsc(C)n1.Cc1nsc(C)n1.Cc1nsnc1C. The molecule has 0 spiro atoms. The van der Waals surface area contributed by atoms with E-state index in [1.165, 1.54) is 66.0 Å². The molecule has 2 aliphatic heterocycles. The van der Waals surface area contributed by atoms with E-state index in [2.05, 4.69) is 145 Å². The van der Waals surface area contributed by atoms with E-state index >= 15 is 0 Å². The summed E-state index contributed by atoms with van der Waals surface area (Å²) in [4.78, 5) is 26.8. The molecule has 31 heteroatoms. The zero-order valence-electron chi connectivity index (χ0n) is 51.7. The van der Waals surface area contributed by atoms with Gasteiger partial charge in [0.1, 0.15) is 43.5 Å². The molecule has 0 aromatic carbocycles.